The molecule has 5 rings (SSSR count). The minimum atomic E-state index is -0.133. The van der Waals surface area contributed by atoms with E-state index in [0.29, 0.717) is 18.8 Å². The third kappa shape index (κ3) is 4.77. The summed E-state index contributed by atoms with van der Waals surface area (Å²) in [4.78, 5) is 28.4. The van der Waals surface area contributed by atoms with Gasteiger partial charge in [0.25, 0.3) is 5.91 Å². The van der Waals surface area contributed by atoms with Crippen LogP contribution in [0.3, 0.4) is 0 Å². The molecule has 0 aliphatic heterocycles. The van der Waals surface area contributed by atoms with E-state index in [1.54, 1.807) is 29.6 Å². The molecule has 2 aromatic carbocycles. The zero-order chi connectivity index (χ0) is 22.5. The van der Waals surface area contributed by atoms with E-state index in [9.17, 15) is 4.79 Å². The van der Waals surface area contributed by atoms with Crippen molar-refractivity contribution in [3.63, 3.8) is 0 Å². The molecule has 33 heavy (non-hydrogen) atoms. The topological polar surface area (TPSA) is 59.0 Å². The first kappa shape index (κ1) is 20.5. The van der Waals surface area contributed by atoms with Crippen molar-refractivity contribution in [2.24, 2.45) is 0 Å². The number of carbonyl (C=O) groups is 1. The molecule has 0 fully saturated rings. The number of rotatable bonds is 6. The smallest absolute Gasteiger partial charge is 0.273 e. The Morgan fingerprint density at radius 1 is 0.727 bits per heavy atom. The Morgan fingerprint density at radius 3 is 2.30 bits per heavy atom. The molecule has 0 N–H and O–H groups in total. The monoisotopic (exact) mass is 430 g/mol. The summed E-state index contributed by atoms with van der Waals surface area (Å²) < 4.78 is 0. The number of benzene rings is 2. The maximum atomic E-state index is 13.5. The molecule has 5 nitrogen and oxygen atoms in total. The van der Waals surface area contributed by atoms with Crippen molar-refractivity contribution in [3.8, 4) is 11.1 Å². The fourth-order valence-electron chi connectivity index (χ4n) is 3.79. The van der Waals surface area contributed by atoms with Crippen molar-refractivity contribution in [3.05, 3.63) is 127 Å². The maximum Gasteiger partial charge on any atom is 0.273 e. The normalized spacial score (nSPS) is 10.8. The Labute approximate surface area is 192 Å². The lowest BCUT2D eigenvalue weighted by molar-refractivity contribution is 0.0722. The third-order valence-electron chi connectivity index (χ3n) is 5.51. The molecule has 0 atom stereocenters. The molecule has 5 aromatic rings. The van der Waals surface area contributed by atoms with Crippen LogP contribution in [0.2, 0.25) is 0 Å². The van der Waals surface area contributed by atoms with Gasteiger partial charge < -0.3 is 4.90 Å². The SMILES string of the molecule is O=C(c1ccc2cnccc2n1)N(Cc1ccc(-c2ccccc2)cc1)Cc1ccccn1. The minimum Gasteiger partial charge on any atom is -0.327 e. The maximum absolute atomic E-state index is 13.5. The Balaban J connectivity index is 1.43. The van der Waals surface area contributed by atoms with Crippen LogP contribution in [-0.4, -0.2) is 25.8 Å². The summed E-state index contributed by atoms with van der Waals surface area (Å²) in [7, 11) is 0. The van der Waals surface area contributed by atoms with Crippen LogP contribution in [0.5, 0.6) is 0 Å². The molecule has 160 valence electrons. The number of nitrogens with zero attached hydrogens (tertiary/aromatic N) is 4. The van der Waals surface area contributed by atoms with Crippen molar-refractivity contribution in [1.29, 1.82) is 0 Å². The molecule has 0 saturated carbocycles. The minimum absolute atomic E-state index is 0.133. The van der Waals surface area contributed by atoms with Gasteiger partial charge in [0, 0.05) is 30.5 Å². The van der Waals surface area contributed by atoms with Gasteiger partial charge in [-0.05, 0) is 47.0 Å². The van der Waals surface area contributed by atoms with Crippen molar-refractivity contribution >= 4 is 16.8 Å². The summed E-state index contributed by atoms with van der Waals surface area (Å²) in [6, 6.07) is 29.8. The molecule has 3 aromatic heterocycles. The van der Waals surface area contributed by atoms with Crippen LogP contribution in [0.1, 0.15) is 21.7 Å². The molecule has 5 heteroatoms. The van der Waals surface area contributed by atoms with E-state index < -0.39 is 0 Å². The first-order chi connectivity index (χ1) is 16.3. The second kappa shape index (κ2) is 9.40. The van der Waals surface area contributed by atoms with Gasteiger partial charge in [0.15, 0.2) is 0 Å². The van der Waals surface area contributed by atoms with Crippen LogP contribution in [0.15, 0.2) is 110 Å². The van der Waals surface area contributed by atoms with Crippen molar-refractivity contribution in [2.45, 2.75) is 13.1 Å². The molecular formula is C28H22N4O. The Hall–Kier alpha value is -4.38. The highest BCUT2D eigenvalue weighted by Gasteiger charge is 2.19. The van der Waals surface area contributed by atoms with Crippen LogP contribution in [0.4, 0.5) is 0 Å². The van der Waals surface area contributed by atoms with Crippen LogP contribution in [0, 0.1) is 0 Å². The quantitative estimate of drug-likeness (QED) is 0.355. The van der Waals surface area contributed by atoms with E-state index in [2.05, 4.69) is 51.4 Å². The van der Waals surface area contributed by atoms with E-state index >= 15 is 0 Å². The molecule has 0 aliphatic carbocycles. The van der Waals surface area contributed by atoms with Gasteiger partial charge in [-0.3, -0.25) is 14.8 Å². The predicted octanol–water partition coefficient (Wildman–Crippen LogP) is 5.53. The van der Waals surface area contributed by atoms with E-state index in [1.165, 1.54) is 5.56 Å². The average Bonchev–Trinajstić information content (AvgIpc) is 2.89. The lowest BCUT2D eigenvalue weighted by Crippen LogP contribution is -2.31. The zero-order valence-corrected chi connectivity index (χ0v) is 18.0. The van der Waals surface area contributed by atoms with E-state index in [-0.39, 0.29) is 5.91 Å². The van der Waals surface area contributed by atoms with Crippen LogP contribution in [0.25, 0.3) is 22.0 Å². The molecular weight excluding hydrogens is 408 g/mol. The largest absolute Gasteiger partial charge is 0.327 e. The van der Waals surface area contributed by atoms with Crippen LogP contribution >= 0.6 is 0 Å². The highest BCUT2D eigenvalue weighted by molar-refractivity contribution is 5.94. The Kier molecular flexibility index (Phi) is 5.85. The lowest BCUT2D eigenvalue weighted by atomic mass is 10.0. The summed E-state index contributed by atoms with van der Waals surface area (Å²) in [5, 5.41) is 0.904. The van der Waals surface area contributed by atoms with Gasteiger partial charge in [-0.25, -0.2) is 4.98 Å². The number of amides is 1. The molecule has 0 radical (unpaired) electrons. The lowest BCUT2D eigenvalue weighted by Gasteiger charge is -2.22. The predicted molar refractivity (Wildman–Crippen MR) is 129 cm³/mol. The van der Waals surface area contributed by atoms with Gasteiger partial charge in [0.1, 0.15) is 5.69 Å². The number of fused-ring (bicyclic) bond motifs is 1. The summed E-state index contributed by atoms with van der Waals surface area (Å²) >= 11 is 0. The number of carbonyl (C=O) groups excluding carboxylic acids is 1. The second-order valence-corrected chi connectivity index (χ2v) is 7.81. The second-order valence-electron chi connectivity index (χ2n) is 7.81. The van der Waals surface area contributed by atoms with E-state index in [4.69, 9.17) is 0 Å². The molecule has 0 spiro atoms. The first-order valence-corrected chi connectivity index (χ1v) is 10.8. The van der Waals surface area contributed by atoms with Gasteiger partial charge in [-0.15, -0.1) is 0 Å². The summed E-state index contributed by atoms with van der Waals surface area (Å²) in [6.07, 6.45) is 5.17. The highest BCUT2D eigenvalue weighted by Crippen LogP contribution is 2.21. The van der Waals surface area contributed by atoms with Crippen LogP contribution in [-0.2, 0) is 13.1 Å². The van der Waals surface area contributed by atoms with Crippen molar-refractivity contribution in [2.75, 3.05) is 0 Å². The van der Waals surface area contributed by atoms with Crippen LogP contribution < -0.4 is 0 Å². The Morgan fingerprint density at radius 2 is 1.52 bits per heavy atom. The number of hydrogen-bond donors (Lipinski definition) is 0. The summed E-state index contributed by atoms with van der Waals surface area (Å²) in [5.41, 5.74) is 5.35. The standard InChI is InChI=1S/C28H22N4O/c33-28(27-14-13-24-18-29-17-15-26(24)31-27)32(20-25-8-4-5-16-30-25)19-21-9-11-23(12-10-21)22-6-2-1-3-7-22/h1-18H,19-20H2. The number of hydrogen-bond acceptors (Lipinski definition) is 4. The van der Waals surface area contributed by atoms with Crippen molar-refractivity contribution < 1.29 is 4.79 Å². The Bertz CT molecular complexity index is 1370. The van der Waals surface area contributed by atoms with Gasteiger partial charge in [-0.2, -0.15) is 0 Å². The number of aromatic nitrogens is 3. The molecule has 0 saturated heterocycles. The first-order valence-electron chi connectivity index (χ1n) is 10.8. The highest BCUT2D eigenvalue weighted by atomic mass is 16.2. The summed E-state index contributed by atoms with van der Waals surface area (Å²) in [5.74, 6) is -0.133. The van der Waals surface area contributed by atoms with Gasteiger partial charge in [-0.1, -0.05) is 60.7 Å². The van der Waals surface area contributed by atoms with E-state index in [0.717, 1.165) is 27.7 Å². The van der Waals surface area contributed by atoms with Gasteiger partial charge in [0.05, 0.1) is 17.8 Å². The fraction of sp³-hybridized carbons (Fsp3) is 0.0714. The molecule has 0 aliphatic rings. The van der Waals surface area contributed by atoms with Crippen molar-refractivity contribution in [1.82, 2.24) is 19.9 Å². The third-order valence-corrected chi connectivity index (χ3v) is 5.51. The van der Waals surface area contributed by atoms with Gasteiger partial charge in [0.2, 0.25) is 0 Å². The summed E-state index contributed by atoms with van der Waals surface area (Å²) in [6.45, 7) is 0.858. The molecule has 0 unspecified atom stereocenters. The molecule has 1 amide bonds. The van der Waals surface area contributed by atoms with Gasteiger partial charge >= 0.3 is 0 Å². The average molecular weight is 431 g/mol. The van der Waals surface area contributed by atoms with E-state index in [1.807, 2.05) is 48.5 Å². The molecule has 3 heterocycles. The fourth-order valence-corrected chi connectivity index (χ4v) is 3.79. The molecule has 0 bridgehead atoms. The zero-order valence-electron chi connectivity index (χ0n) is 18.0. The number of pyridine rings is 3.